The van der Waals surface area contributed by atoms with E-state index in [2.05, 4.69) is 12.2 Å². The van der Waals surface area contributed by atoms with Crippen LogP contribution in [0.15, 0.2) is 0 Å². The van der Waals surface area contributed by atoms with Gasteiger partial charge in [-0.2, -0.15) is 0 Å². The van der Waals surface area contributed by atoms with Crippen molar-refractivity contribution in [2.75, 3.05) is 19.6 Å². The fourth-order valence-corrected chi connectivity index (χ4v) is 3.39. The quantitative estimate of drug-likeness (QED) is 0.675. The van der Waals surface area contributed by atoms with Crippen molar-refractivity contribution in [3.8, 4) is 0 Å². The van der Waals surface area contributed by atoms with Gasteiger partial charge in [-0.15, -0.1) is 0 Å². The first-order valence-electron chi connectivity index (χ1n) is 7.97. The van der Waals surface area contributed by atoms with E-state index >= 15 is 0 Å². The van der Waals surface area contributed by atoms with E-state index in [0.29, 0.717) is 19.0 Å². The van der Waals surface area contributed by atoms with Gasteiger partial charge >= 0.3 is 0 Å². The van der Waals surface area contributed by atoms with E-state index in [1.54, 1.807) is 11.8 Å². The molecular formula is C15H27N3O3. The number of nitrogens with zero attached hydrogens (tertiary/aromatic N) is 2. The van der Waals surface area contributed by atoms with Crippen LogP contribution in [0.2, 0.25) is 0 Å². The average molecular weight is 297 g/mol. The Labute approximate surface area is 126 Å². The summed E-state index contributed by atoms with van der Waals surface area (Å²) in [6, 6.07) is -0.112. The molecule has 2 aliphatic heterocycles. The Hall–Kier alpha value is -1.14. The molecule has 0 radical (unpaired) electrons. The summed E-state index contributed by atoms with van der Waals surface area (Å²) in [5.74, 6) is -0.124. The molecule has 21 heavy (non-hydrogen) atoms. The van der Waals surface area contributed by atoms with Crippen molar-refractivity contribution in [1.82, 2.24) is 15.1 Å². The second-order valence-corrected chi connectivity index (χ2v) is 6.36. The highest BCUT2D eigenvalue weighted by Crippen LogP contribution is 2.17. The minimum Gasteiger partial charge on any atom is -0.391 e. The van der Waals surface area contributed by atoms with Crippen LogP contribution in [0.1, 0.15) is 39.5 Å². The van der Waals surface area contributed by atoms with Gasteiger partial charge in [0.05, 0.1) is 6.10 Å². The first-order chi connectivity index (χ1) is 10.0. The second-order valence-electron chi connectivity index (χ2n) is 6.36. The smallest absolute Gasteiger partial charge is 0.248 e. The topological polar surface area (TPSA) is 72.9 Å². The molecule has 0 saturated carbocycles. The lowest BCUT2D eigenvalue weighted by molar-refractivity contribution is -0.144. The maximum absolute atomic E-state index is 12.6. The SMILES string of the molecule is CC1CCC(CN(C=O)[C@H](C(=O)N2CCCC2)[C@@H](C)O)N1. The van der Waals surface area contributed by atoms with Crippen molar-refractivity contribution in [2.45, 2.75) is 63.8 Å². The number of aliphatic hydroxyl groups is 1. The Morgan fingerprint density at radius 1 is 1.43 bits per heavy atom. The molecule has 2 fully saturated rings. The Balaban J connectivity index is 2.03. The monoisotopic (exact) mass is 297 g/mol. The number of hydrogen-bond acceptors (Lipinski definition) is 4. The maximum Gasteiger partial charge on any atom is 0.248 e. The molecule has 2 heterocycles. The van der Waals surface area contributed by atoms with Crippen molar-refractivity contribution in [1.29, 1.82) is 0 Å². The minimum atomic E-state index is -0.859. The van der Waals surface area contributed by atoms with Crippen LogP contribution in [0, 0.1) is 0 Å². The van der Waals surface area contributed by atoms with Gasteiger partial charge in [0, 0.05) is 31.7 Å². The molecule has 0 aromatic heterocycles. The van der Waals surface area contributed by atoms with Crippen LogP contribution in [0.25, 0.3) is 0 Å². The maximum atomic E-state index is 12.6. The van der Waals surface area contributed by atoms with Gasteiger partial charge in [-0.05, 0) is 39.5 Å². The molecule has 0 aromatic rings. The predicted molar refractivity (Wildman–Crippen MR) is 79.7 cm³/mol. The highest BCUT2D eigenvalue weighted by molar-refractivity contribution is 5.84. The summed E-state index contributed by atoms with van der Waals surface area (Å²) < 4.78 is 0. The van der Waals surface area contributed by atoms with E-state index in [0.717, 1.165) is 38.8 Å². The second kappa shape index (κ2) is 7.22. The molecule has 0 aromatic carbocycles. The van der Waals surface area contributed by atoms with Crippen LogP contribution < -0.4 is 5.32 Å². The molecule has 2 saturated heterocycles. The summed E-state index contributed by atoms with van der Waals surface area (Å²) >= 11 is 0. The van der Waals surface area contributed by atoms with Gasteiger partial charge in [0.2, 0.25) is 12.3 Å². The summed E-state index contributed by atoms with van der Waals surface area (Å²) in [5.41, 5.74) is 0. The predicted octanol–water partition coefficient (Wildman–Crippen LogP) is -0.0429. The zero-order chi connectivity index (χ0) is 15.4. The molecular weight excluding hydrogens is 270 g/mol. The molecule has 2 aliphatic rings. The van der Waals surface area contributed by atoms with E-state index in [-0.39, 0.29) is 11.9 Å². The van der Waals surface area contributed by atoms with Gasteiger partial charge < -0.3 is 20.2 Å². The highest BCUT2D eigenvalue weighted by atomic mass is 16.3. The Kier molecular flexibility index (Phi) is 5.58. The van der Waals surface area contributed by atoms with Gasteiger partial charge in [-0.1, -0.05) is 0 Å². The molecule has 2 rings (SSSR count). The fraction of sp³-hybridized carbons (Fsp3) is 0.867. The zero-order valence-corrected chi connectivity index (χ0v) is 13.0. The summed E-state index contributed by atoms with van der Waals surface area (Å²) in [4.78, 5) is 27.3. The third-order valence-corrected chi connectivity index (χ3v) is 4.52. The van der Waals surface area contributed by atoms with Crippen molar-refractivity contribution in [2.24, 2.45) is 0 Å². The molecule has 6 nitrogen and oxygen atoms in total. The van der Waals surface area contributed by atoms with Crippen LogP contribution in [-0.2, 0) is 9.59 Å². The fourth-order valence-electron chi connectivity index (χ4n) is 3.39. The van der Waals surface area contributed by atoms with E-state index in [4.69, 9.17) is 0 Å². The number of amides is 2. The number of likely N-dealkylation sites (tertiary alicyclic amines) is 1. The standard InChI is InChI=1S/C15H27N3O3/c1-11-5-6-13(16-11)9-18(10-19)14(12(2)20)15(21)17-7-3-4-8-17/h10-14,16,20H,3-9H2,1-2H3/t11?,12-,13?,14+/m1/s1. The largest absolute Gasteiger partial charge is 0.391 e. The molecule has 120 valence electrons. The van der Waals surface area contributed by atoms with Crippen LogP contribution in [0.5, 0.6) is 0 Å². The number of carbonyl (C=O) groups is 2. The summed E-state index contributed by atoms with van der Waals surface area (Å²) in [6.07, 6.45) is 3.92. The number of aliphatic hydroxyl groups excluding tert-OH is 1. The summed E-state index contributed by atoms with van der Waals surface area (Å²) in [6.45, 7) is 5.64. The third kappa shape index (κ3) is 3.95. The molecule has 0 bridgehead atoms. The van der Waals surface area contributed by atoms with E-state index in [1.807, 2.05) is 0 Å². The molecule has 0 spiro atoms. The van der Waals surface area contributed by atoms with Crippen LogP contribution in [0.4, 0.5) is 0 Å². The molecule has 0 aliphatic carbocycles. The Bertz CT molecular complexity index is 369. The molecule has 2 N–H and O–H groups in total. The van der Waals surface area contributed by atoms with Gasteiger partial charge in [0.15, 0.2) is 0 Å². The Morgan fingerprint density at radius 2 is 2.10 bits per heavy atom. The normalized spacial score (nSPS) is 28.4. The molecule has 2 unspecified atom stereocenters. The minimum absolute atomic E-state index is 0.124. The van der Waals surface area contributed by atoms with Gasteiger partial charge in [0.1, 0.15) is 6.04 Å². The van der Waals surface area contributed by atoms with Crippen molar-refractivity contribution in [3.63, 3.8) is 0 Å². The summed E-state index contributed by atoms with van der Waals surface area (Å²) in [5, 5.41) is 13.4. The number of rotatable bonds is 6. The number of hydrogen-bond donors (Lipinski definition) is 2. The van der Waals surface area contributed by atoms with Crippen molar-refractivity contribution in [3.05, 3.63) is 0 Å². The molecule has 2 amide bonds. The van der Waals surface area contributed by atoms with E-state index < -0.39 is 12.1 Å². The lowest BCUT2D eigenvalue weighted by Crippen LogP contribution is -2.55. The van der Waals surface area contributed by atoms with Gasteiger partial charge in [-0.25, -0.2) is 0 Å². The van der Waals surface area contributed by atoms with Crippen LogP contribution in [-0.4, -0.2) is 71.1 Å². The summed E-state index contributed by atoms with van der Waals surface area (Å²) in [7, 11) is 0. The zero-order valence-electron chi connectivity index (χ0n) is 13.0. The Morgan fingerprint density at radius 3 is 2.57 bits per heavy atom. The van der Waals surface area contributed by atoms with E-state index in [1.165, 1.54) is 4.90 Å². The number of nitrogens with one attached hydrogen (secondary N) is 1. The average Bonchev–Trinajstić information content (AvgIpc) is 3.08. The van der Waals surface area contributed by atoms with E-state index in [9.17, 15) is 14.7 Å². The first-order valence-corrected chi connectivity index (χ1v) is 7.97. The van der Waals surface area contributed by atoms with Crippen molar-refractivity contribution >= 4 is 12.3 Å². The van der Waals surface area contributed by atoms with Crippen LogP contribution in [0.3, 0.4) is 0 Å². The van der Waals surface area contributed by atoms with Crippen molar-refractivity contribution < 1.29 is 14.7 Å². The molecule has 6 heteroatoms. The molecule has 4 atom stereocenters. The lowest BCUT2D eigenvalue weighted by Gasteiger charge is -2.34. The third-order valence-electron chi connectivity index (χ3n) is 4.52. The number of carbonyl (C=O) groups excluding carboxylic acids is 2. The lowest BCUT2D eigenvalue weighted by atomic mass is 10.1. The van der Waals surface area contributed by atoms with Gasteiger partial charge in [-0.3, -0.25) is 9.59 Å². The van der Waals surface area contributed by atoms with Gasteiger partial charge in [0.25, 0.3) is 0 Å². The van der Waals surface area contributed by atoms with Crippen LogP contribution >= 0.6 is 0 Å². The highest BCUT2D eigenvalue weighted by Gasteiger charge is 2.35. The first kappa shape index (κ1) is 16.2.